The van der Waals surface area contributed by atoms with Gasteiger partial charge in [0.25, 0.3) is 11.6 Å². The Morgan fingerprint density at radius 2 is 1.97 bits per heavy atom. The van der Waals surface area contributed by atoms with E-state index in [1.807, 2.05) is 26.0 Å². The van der Waals surface area contributed by atoms with E-state index in [1.54, 1.807) is 17.0 Å². The number of nitrogens with zero attached hydrogens (tertiary/aromatic N) is 3. The maximum Gasteiger partial charge on any atom is 0.269 e. The Morgan fingerprint density at radius 1 is 1.21 bits per heavy atom. The van der Waals surface area contributed by atoms with Crippen LogP contribution in [0.2, 0.25) is 0 Å². The first-order valence-corrected chi connectivity index (χ1v) is 11.7. The molecule has 1 aliphatic rings. The summed E-state index contributed by atoms with van der Waals surface area (Å²) in [5.74, 6) is -0.133. The van der Waals surface area contributed by atoms with Crippen molar-refractivity contribution in [2.75, 3.05) is 32.8 Å². The van der Waals surface area contributed by atoms with E-state index in [0.29, 0.717) is 56.8 Å². The van der Waals surface area contributed by atoms with Crippen LogP contribution in [0.1, 0.15) is 59.4 Å². The van der Waals surface area contributed by atoms with E-state index in [0.717, 1.165) is 17.8 Å². The van der Waals surface area contributed by atoms with Crippen molar-refractivity contribution in [3.05, 3.63) is 69.0 Å². The van der Waals surface area contributed by atoms with Gasteiger partial charge >= 0.3 is 0 Å². The van der Waals surface area contributed by atoms with Gasteiger partial charge in [0.15, 0.2) is 0 Å². The molecule has 1 aromatic carbocycles. The second-order valence-electron chi connectivity index (χ2n) is 8.51. The number of non-ortho nitro benzene ring substituents is 1. The van der Waals surface area contributed by atoms with Crippen molar-refractivity contribution in [1.82, 2.24) is 15.2 Å². The van der Waals surface area contributed by atoms with E-state index in [9.17, 15) is 19.7 Å². The fourth-order valence-electron chi connectivity index (χ4n) is 4.13. The number of hydrogen-bond acceptors (Lipinski definition) is 6. The number of pyridine rings is 1. The second-order valence-corrected chi connectivity index (χ2v) is 8.51. The highest BCUT2D eigenvalue weighted by Gasteiger charge is 2.28. The molecule has 182 valence electrons. The Morgan fingerprint density at radius 3 is 2.68 bits per heavy atom. The zero-order valence-corrected chi connectivity index (χ0v) is 19.8. The Balaban J connectivity index is 1.59. The van der Waals surface area contributed by atoms with E-state index in [-0.39, 0.29) is 29.8 Å². The van der Waals surface area contributed by atoms with E-state index in [2.05, 4.69) is 10.3 Å². The number of aryl methyl sites for hydroxylation is 1. The number of nitrogens with one attached hydrogen (secondary N) is 1. The van der Waals surface area contributed by atoms with E-state index in [1.165, 1.54) is 12.1 Å². The molecule has 0 aliphatic carbocycles. The number of benzene rings is 1. The number of likely N-dealkylation sites (tertiary alicyclic amines) is 1. The average molecular weight is 469 g/mol. The highest BCUT2D eigenvalue weighted by Crippen LogP contribution is 2.30. The van der Waals surface area contributed by atoms with Crippen LogP contribution in [0.3, 0.4) is 0 Å². The molecule has 0 radical (unpaired) electrons. The molecule has 0 saturated carbocycles. The quantitative estimate of drug-likeness (QED) is 0.325. The summed E-state index contributed by atoms with van der Waals surface area (Å²) in [4.78, 5) is 42.6. The monoisotopic (exact) mass is 468 g/mol. The summed E-state index contributed by atoms with van der Waals surface area (Å²) >= 11 is 0. The number of piperidine rings is 1. The number of ether oxygens (including phenoxy) is 1. The molecular weight excluding hydrogens is 436 g/mol. The van der Waals surface area contributed by atoms with Gasteiger partial charge < -0.3 is 15.0 Å². The number of carbonyl (C=O) groups is 2. The normalized spacial score (nSPS) is 14.1. The van der Waals surface area contributed by atoms with Gasteiger partial charge in [0.2, 0.25) is 5.91 Å². The molecule has 3 rings (SSSR count). The maximum absolute atomic E-state index is 12.8. The number of rotatable bonds is 10. The van der Waals surface area contributed by atoms with Crippen molar-refractivity contribution in [2.24, 2.45) is 0 Å². The lowest BCUT2D eigenvalue weighted by atomic mass is 9.89. The van der Waals surface area contributed by atoms with Crippen molar-refractivity contribution >= 4 is 17.5 Å². The van der Waals surface area contributed by atoms with Crippen LogP contribution in [0.4, 0.5) is 5.69 Å². The first kappa shape index (κ1) is 25.3. The van der Waals surface area contributed by atoms with Gasteiger partial charge in [0.05, 0.1) is 29.2 Å². The summed E-state index contributed by atoms with van der Waals surface area (Å²) in [5, 5.41) is 13.9. The molecule has 1 fully saturated rings. The smallest absolute Gasteiger partial charge is 0.269 e. The third-order valence-corrected chi connectivity index (χ3v) is 5.90. The van der Waals surface area contributed by atoms with Gasteiger partial charge in [-0.3, -0.25) is 24.7 Å². The molecular formula is C25H32N4O5. The van der Waals surface area contributed by atoms with Gasteiger partial charge in [-0.05, 0) is 43.9 Å². The van der Waals surface area contributed by atoms with Gasteiger partial charge in [-0.2, -0.15) is 0 Å². The number of hydrogen-bond donors (Lipinski definition) is 1. The summed E-state index contributed by atoms with van der Waals surface area (Å²) in [6, 6.07) is 9.84. The molecule has 0 bridgehead atoms. The van der Waals surface area contributed by atoms with Crippen molar-refractivity contribution in [3.63, 3.8) is 0 Å². The summed E-state index contributed by atoms with van der Waals surface area (Å²) in [7, 11) is 0. The predicted molar refractivity (Wildman–Crippen MR) is 128 cm³/mol. The van der Waals surface area contributed by atoms with Crippen molar-refractivity contribution in [3.8, 4) is 0 Å². The van der Waals surface area contributed by atoms with Crippen LogP contribution in [-0.2, 0) is 16.0 Å². The van der Waals surface area contributed by atoms with Gasteiger partial charge in [-0.25, -0.2) is 0 Å². The Labute approximate surface area is 199 Å². The Hall–Kier alpha value is -3.33. The van der Waals surface area contributed by atoms with E-state index >= 15 is 0 Å². The van der Waals surface area contributed by atoms with Gasteiger partial charge in [0.1, 0.15) is 0 Å². The van der Waals surface area contributed by atoms with Crippen LogP contribution in [0.25, 0.3) is 0 Å². The molecule has 1 aliphatic heterocycles. The highest BCUT2D eigenvalue weighted by atomic mass is 16.6. The Kier molecular flexibility index (Phi) is 9.09. The summed E-state index contributed by atoms with van der Waals surface area (Å²) in [6.07, 6.45) is 2.48. The first-order valence-electron chi connectivity index (χ1n) is 11.7. The lowest BCUT2D eigenvalue weighted by molar-refractivity contribution is -0.384. The fraction of sp³-hybridized carbons (Fsp3) is 0.480. The number of nitro groups is 1. The minimum atomic E-state index is -0.458. The van der Waals surface area contributed by atoms with Crippen LogP contribution < -0.4 is 5.32 Å². The zero-order chi connectivity index (χ0) is 24.5. The first-order chi connectivity index (χ1) is 16.4. The van der Waals surface area contributed by atoms with Gasteiger partial charge in [0, 0.05) is 50.0 Å². The standard InChI is InChI=1S/C25H32N4O5/c1-3-14-34-15-11-26-25(31)22-8-7-18(2)27-24(22)20-9-12-28(13-10-20)23(30)17-19-5-4-6-21(16-19)29(32)33/h4-8,16,20H,3,9-15,17H2,1-2H3,(H,26,31). The molecule has 1 aromatic heterocycles. The lowest BCUT2D eigenvalue weighted by Gasteiger charge is -2.32. The van der Waals surface area contributed by atoms with Crippen LogP contribution in [0.5, 0.6) is 0 Å². The molecule has 0 atom stereocenters. The zero-order valence-electron chi connectivity index (χ0n) is 19.8. The summed E-state index contributed by atoms with van der Waals surface area (Å²) in [6.45, 7) is 6.64. The topological polar surface area (TPSA) is 115 Å². The second kappa shape index (κ2) is 12.2. The third-order valence-electron chi connectivity index (χ3n) is 5.90. The average Bonchev–Trinajstić information content (AvgIpc) is 2.84. The molecule has 2 heterocycles. The van der Waals surface area contributed by atoms with Crippen LogP contribution >= 0.6 is 0 Å². The SMILES string of the molecule is CCCOCCNC(=O)c1ccc(C)nc1C1CCN(C(=O)Cc2cccc([N+](=O)[O-])c2)CC1. The highest BCUT2D eigenvalue weighted by molar-refractivity contribution is 5.95. The van der Waals surface area contributed by atoms with Gasteiger partial charge in [-0.15, -0.1) is 0 Å². The van der Waals surface area contributed by atoms with Crippen molar-refractivity contribution in [2.45, 2.75) is 45.4 Å². The molecule has 2 amide bonds. The fourth-order valence-corrected chi connectivity index (χ4v) is 4.13. The van der Waals surface area contributed by atoms with Gasteiger partial charge in [-0.1, -0.05) is 19.1 Å². The van der Waals surface area contributed by atoms with Crippen LogP contribution in [0, 0.1) is 17.0 Å². The van der Waals surface area contributed by atoms with E-state index < -0.39 is 4.92 Å². The number of carbonyl (C=O) groups excluding carboxylic acids is 2. The molecule has 9 nitrogen and oxygen atoms in total. The minimum absolute atomic E-state index is 0.0164. The molecule has 9 heteroatoms. The van der Waals surface area contributed by atoms with Crippen molar-refractivity contribution in [1.29, 1.82) is 0 Å². The number of aromatic nitrogens is 1. The van der Waals surface area contributed by atoms with E-state index in [4.69, 9.17) is 4.74 Å². The largest absolute Gasteiger partial charge is 0.380 e. The lowest BCUT2D eigenvalue weighted by Crippen LogP contribution is -2.39. The minimum Gasteiger partial charge on any atom is -0.380 e. The molecule has 0 spiro atoms. The summed E-state index contributed by atoms with van der Waals surface area (Å²) < 4.78 is 5.43. The van der Waals surface area contributed by atoms with Crippen LogP contribution in [-0.4, -0.2) is 59.5 Å². The molecule has 0 unspecified atom stereocenters. The number of nitro benzene ring substituents is 1. The summed E-state index contributed by atoms with van der Waals surface area (Å²) in [5.41, 5.74) is 2.81. The number of amides is 2. The molecule has 1 N–H and O–H groups in total. The van der Waals surface area contributed by atoms with Crippen LogP contribution in [0.15, 0.2) is 36.4 Å². The maximum atomic E-state index is 12.8. The molecule has 2 aromatic rings. The molecule has 34 heavy (non-hydrogen) atoms. The molecule has 1 saturated heterocycles. The predicted octanol–water partition coefficient (Wildman–Crippen LogP) is 3.40. The van der Waals surface area contributed by atoms with Crippen molar-refractivity contribution < 1.29 is 19.2 Å². The third kappa shape index (κ3) is 6.84. The Bertz CT molecular complexity index is 1020.